The summed E-state index contributed by atoms with van der Waals surface area (Å²) in [6.45, 7) is 6.13. The third-order valence-electron chi connectivity index (χ3n) is 3.09. The van der Waals surface area contributed by atoms with Crippen LogP contribution in [0.3, 0.4) is 0 Å². The Morgan fingerprint density at radius 1 is 1.39 bits per heavy atom. The van der Waals surface area contributed by atoms with E-state index in [1.165, 1.54) is 0 Å². The molecule has 18 heavy (non-hydrogen) atoms. The predicted molar refractivity (Wildman–Crippen MR) is 72.2 cm³/mol. The molecule has 1 rings (SSSR count). The summed E-state index contributed by atoms with van der Waals surface area (Å²) in [5, 5.41) is 9.33. The van der Waals surface area contributed by atoms with Crippen molar-refractivity contribution in [3.05, 3.63) is 29.3 Å². The molecule has 3 nitrogen and oxygen atoms in total. The fourth-order valence-corrected chi connectivity index (χ4v) is 2.14. The van der Waals surface area contributed by atoms with Gasteiger partial charge in [-0.15, -0.1) is 0 Å². The molecule has 100 valence electrons. The molecule has 0 heterocycles. The fourth-order valence-electron chi connectivity index (χ4n) is 2.14. The number of rotatable bonds is 6. The molecule has 1 atom stereocenters. The normalized spacial score (nSPS) is 12.5. The van der Waals surface area contributed by atoms with Crippen molar-refractivity contribution in [3.63, 3.8) is 0 Å². The Hall–Kier alpha value is -1.51. The Bertz CT molecular complexity index is 410. The Labute approximate surface area is 109 Å². The maximum Gasteiger partial charge on any atom is 0.310 e. The van der Waals surface area contributed by atoms with Crippen molar-refractivity contribution >= 4 is 5.97 Å². The first-order valence-electron chi connectivity index (χ1n) is 6.39. The summed E-state index contributed by atoms with van der Waals surface area (Å²) in [6, 6.07) is 5.68. The van der Waals surface area contributed by atoms with E-state index < -0.39 is 11.9 Å². The number of benzene rings is 1. The minimum absolute atomic E-state index is 0.360. The summed E-state index contributed by atoms with van der Waals surface area (Å²) in [6.07, 6.45) is 1.50. The highest BCUT2D eigenvalue weighted by atomic mass is 16.5. The molecule has 0 radical (unpaired) electrons. The quantitative estimate of drug-likeness (QED) is 0.840. The van der Waals surface area contributed by atoms with E-state index in [0.717, 1.165) is 23.3 Å². The van der Waals surface area contributed by atoms with Gasteiger partial charge in [-0.2, -0.15) is 0 Å². The minimum Gasteiger partial charge on any atom is -0.496 e. The molecule has 0 spiro atoms. The number of carboxylic acid groups (broad SMARTS) is 1. The molecule has 0 saturated carbocycles. The van der Waals surface area contributed by atoms with Crippen LogP contribution in [-0.4, -0.2) is 18.2 Å². The fraction of sp³-hybridized carbons (Fsp3) is 0.533. The first-order valence-corrected chi connectivity index (χ1v) is 6.39. The van der Waals surface area contributed by atoms with Crippen LogP contribution in [0.5, 0.6) is 5.75 Å². The van der Waals surface area contributed by atoms with Crippen LogP contribution in [0.4, 0.5) is 0 Å². The Balaban J connectivity index is 3.09. The van der Waals surface area contributed by atoms with E-state index in [0.29, 0.717) is 12.3 Å². The molecular formula is C15H22O3. The van der Waals surface area contributed by atoms with Gasteiger partial charge in [0.15, 0.2) is 0 Å². The molecule has 0 amide bonds. The minimum atomic E-state index is -0.754. The molecular weight excluding hydrogens is 228 g/mol. The van der Waals surface area contributed by atoms with E-state index in [1.54, 1.807) is 7.11 Å². The number of ether oxygens (including phenoxy) is 1. The van der Waals surface area contributed by atoms with E-state index >= 15 is 0 Å². The molecule has 0 aromatic heterocycles. The smallest absolute Gasteiger partial charge is 0.310 e. The number of methoxy groups -OCH3 is 1. The second-order valence-electron chi connectivity index (χ2n) is 4.95. The average molecular weight is 250 g/mol. The average Bonchev–Trinajstić information content (AvgIpc) is 2.34. The zero-order chi connectivity index (χ0) is 13.7. The van der Waals surface area contributed by atoms with Crippen LogP contribution in [0.2, 0.25) is 0 Å². The summed E-state index contributed by atoms with van der Waals surface area (Å²) in [5.41, 5.74) is 1.93. The number of aliphatic carboxylic acids is 1. The zero-order valence-electron chi connectivity index (χ0n) is 11.6. The molecule has 1 N–H and O–H groups in total. The second-order valence-corrected chi connectivity index (χ2v) is 4.95. The number of carbonyl (C=O) groups is 1. The van der Waals surface area contributed by atoms with Crippen molar-refractivity contribution in [2.45, 2.75) is 39.5 Å². The Morgan fingerprint density at radius 2 is 2.06 bits per heavy atom. The van der Waals surface area contributed by atoms with Crippen LogP contribution in [0.25, 0.3) is 0 Å². The van der Waals surface area contributed by atoms with E-state index in [9.17, 15) is 9.90 Å². The topological polar surface area (TPSA) is 46.5 Å². The molecule has 0 aliphatic carbocycles. The van der Waals surface area contributed by atoms with Gasteiger partial charge < -0.3 is 9.84 Å². The van der Waals surface area contributed by atoms with Crippen molar-refractivity contribution < 1.29 is 14.6 Å². The van der Waals surface area contributed by atoms with Gasteiger partial charge in [-0.05, 0) is 36.0 Å². The Kier molecular flexibility index (Phi) is 5.20. The molecule has 1 aromatic carbocycles. The van der Waals surface area contributed by atoms with Crippen LogP contribution < -0.4 is 4.74 Å². The third kappa shape index (κ3) is 3.49. The summed E-state index contributed by atoms with van der Waals surface area (Å²) in [4.78, 5) is 11.4. The first-order chi connectivity index (χ1) is 8.49. The molecule has 3 heteroatoms. The maximum atomic E-state index is 11.4. The van der Waals surface area contributed by atoms with Crippen molar-refractivity contribution in [1.82, 2.24) is 0 Å². The lowest BCUT2D eigenvalue weighted by Crippen LogP contribution is -2.14. The zero-order valence-corrected chi connectivity index (χ0v) is 11.6. The highest BCUT2D eigenvalue weighted by Crippen LogP contribution is 2.29. The lowest BCUT2D eigenvalue weighted by Gasteiger charge is -2.17. The van der Waals surface area contributed by atoms with Gasteiger partial charge in [0.1, 0.15) is 5.75 Å². The molecule has 0 aliphatic heterocycles. The van der Waals surface area contributed by atoms with Gasteiger partial charge in [0.2, 0.25) is 0 Å². The van der Waals surface area contributed by atoms with Gasteiger partial charge in [-0.3, -0.25) is 4.79 Å². The van der Waals surface area contributed by atoms with Crippen LogP contribution in [-0.2, 0) is 11.2 Å². The van der Waals surface area contributed by atoms with E-state index in [-0.39, 0.29) is 0 Å². The molecule has 1 unspecified atom stereocenters. The monoisotopic (exact) mass is 250 g/mol. The van der Waals surface area contributed by atoms with Crippen molar-refractivity contribution in [2.24, 2.45) is 5.92 Å². The number of aryl methyl sites for hydroxylation is 1. The van der Waals surface area contributed by atoms with E-state index in [4.69, 9.17) is 4.74 Å². The second kappa shape index (κ2) is 6.43. The van der Waals surface area contributed by atoms with Gasteiger partial charge in [-0.1, -0.05) is 32.9 Å². The van der Waals surface area contributed by atoms with Crippen molar-refractivity contribution in [3.8, 4) is 5.75 Å². The molecule has 0 fully saturated rings. The molecule has 0 saturated heterocycles. The van der Waals surface area contributed by atoms with Gasteiger partial charge in [0, 0.05) is 0 Å². The number of hydrogen-bond donors (Lipinski definition) is 1. The largest absolute Gasteiger partial charge is 0.496 e. The maximum absolute atomic E-state index is 11.4. The van der Waals surface area contributed by atoms with Gasteiger partial charge in [0.05, 0.1) is 13.0 Å². The third-order valence-corrected chi connectivity index (χ3v) is 3.09. The lowest BCUT2D eigenvalue weighted by atomic mass is 9.89. The summed E-state index contributed by atoms with van der Waals surface area (Å²) >= 11 is 0. The highest BCUT2D eigenvalue weighted by molar-refractivity contribution is 5.76. The standard InChI is InChI=1S/C15H22O3/c1-5-11-9-12(6-7-14(11)18-4)13(15(16)17)8-10(2)3/h6-7,9-10,13H,5,8H2,1-4H3,(H,16,17). The predicted octanol–water partition coefficient (Wildman–Crippen LogP) is 3.47. The van der Waals surface area contributed by atoms with Crippen LogP contribution in [0.15, 0.2) is 18.2 Å². The number of carboxylic acids is 1. The summed E-state index contributed by atoms with van der Waals surface area (Å²) in [5.74, 6) is 0.00494. The molecule has 1 aromatic rings. The van der Waals surface area contributed by atoms with Gasteiger partial charge in [-0.25, -0.2) is 0 Å². The molecule has 0 aliphatic rings. The van der Waals surface area contributed by atoms with Gasteiger partial charge in [0.25, 0.3) is 0 Å². The summed E-state index contributed by atoms with van der Waals surface area (Å²) in [7, 11) is 1.64. The Morgan fingerprint density at radius 3 is 2.50 bits per heavy atom. The van der Waals surface area contributed by atoms with Crippen molar-refractivity contribution in [1.29, 1.82) is 0 Å². The first kappa shape index (κ1) is 14.6. The van der Waals surface area contributed by atoms with Crippen molar-refractivity contribution in [2.75, 3.05) is 7.11 Å². The number of hydrogen-bond acceptors (Lipinski definition) is 2. The SMILES string of the molecule is CCc1cc(C(CC(C)C)C(=O)O)ccc1OC. The summed E-state index contributed by atoms with van der Waals surface area (Å²) < 4.78 is 5.27. The lowest BCUT2D eigenvalue weighted by molar-refractivity contribution is -0.139. The van der Waals surface area contributed by atoms with Gasteiger partial charge >= 0.3 is 5.97 Å². The molecule has 0 bridgehead atoms. The van der Waals surface area contributed by atoms with Crippen LogP contribution in [0.1, 0.15) is 44.2 Å². The van der Waals surface area contributed by atoms with E-state index in [1.807, 2.05) is 39.0 Å². The van der Waals surface area contributed by atoms with Crippen LogP contribution >= 0.6 is 0 Å². The highest BCUT2D eigenvalue weighted by Gasteiger charge is 2.21. The van der Waals surface area contributed by atoms with E-state index in [2.05, 4.69) is 0 Å². The van der Waals surface area contributed by atoms with Crippen LogP contribution in [0, 0.1) is 5.92 Å².